The molecule has 0 radical (unpaired) electrons. The number of nitrogens with two attached hydrogens (primary N) is 1. The molecule has 2 fully saturated rings. The van der Waals surface area contributed by atoms with E-state index in [9.17, 15) is 18.4 Å². The van der Waals surface area contributed by atoms with E-state index >= 15 is 0 Å². The van der Waals surface area contributed by atoms with E-state index in [1.807, 2.05) is 0 Å². The number of amides is 2. The molecule has 1 aromatic carbocycles. The summed E-state index contributed by atoms with van der Waals surface area (Å²) >= 11 is 0. The molecule has 2 unspecified atom stereocenters. The topological polar surface area (TPSA) is 178 Å². The van der Waals surface area contributed by atoms with Crippen molar-refractivity contribution < 1.29 is 42.5 Å². The van der Waals surface area contributed by atoms with Crippen LogP contribution < -0.4 is 30.7 Å². The van der Waals surface area contributed by atoms with Crippen LogP contribution in [0, 0.1) is 17.6 Å². The first kappa shape index (κ1) is 28.4. The number of hydrogen-bond donors (Lipinski definition) is 4. The van der Waals surface area contributed by atoms with Crippen molar-refractivity contribution in [3.05, 3.63) is 35.0 Å². The summed E-state index contributed by atoms with van der Waals surface area (Å²) in [5.41, 5.74) is 6.37. The van der Waals surface area contributed by atoms with Crippen LogP contribution >= 0.6 is 0 Å². The van der Waals surface area contributed by atoms with Gasteiger partial charge in [0.15, 0.2) is 29.8 Å². The Bertz CT molecular complexity index is 1340. The van der Waals surface area contributed by atoms with Gasteiger partial charge in [-0.25, -0.2) is 23.5 Å². The van der Waals surface area contributed by atoms with Crippen LogP contribution in [0.4, 0.5) is 25.2 Å². The molecule has 0 spiro atoms. The van der Waals surface area contributed by atoms with Gasteiger partial charge < -0.3 is 35.7 Å². The fourth-order valence-electron chi connectivity index (χ4n) is 4.97. The molecule has 1 saturated carbocycles. The summed E-state index contributed by atoms with van der Waals surface area (Å²) in [7, 11) is 0. The van der Waals surface area contributed by atoms with Crippen molar-refractivity contribution in [2.45, 2.75) is 43.7 Å². The van der Waals surface area contributed by atoms with Crippen molar-refractivity contribution in [3.8, 4) is 11.6 Å². The van der Waals surface area contributed by atoms with E-state index in [4.69, 9.17) is 29.8 Å². The zero-order chi connectivity index (χ0) is 29.1. The molecule has 1 aromatic heterocycles. The Morgan fingerprint density at radius 3 is 2.80 bits per heavy atom. The summed E-state index contributed by atoms with van der Waals surface area (Å²) in [4.78, 5) is 42.0. The monoisotopic (exact) mass is 576 g/mol. The molecule has 220 valence electrons. The van der Waals surface area contributed by atoms with E-state index in [0.29, 0.717) is 43.5 Å². The number of carbonyl (C=O) groups excluding carboxylic acids is 2. The third kappa shape index (κ3) is 6.46. The van der Waals surface area contributed by atoms with E-state index in [1.165, 1.54) is 11.1 Å². The van der Waals surface area contributed by atoms with Gasteiger partial charge in [-0.1, -0.05) is 0 Å². The van der Waals surface area contributed by atoms with Crippen molar-refractivity contribution >= 4 is 30.1 Å². The summed E-state index contributed by atoms with van der Waals surface area (Å²) in [6.45, 7) is 1.19. The lowest BCUT2D eigenvalue weighted by Gasteiger charge is -2.18. The highest BCUT2D eigenvalue weighted by atomic mass is 19.1. The average Bonchev–Trinajstić information content (AvgIpc) is 3.34. The number of cyclic esters (lactones) is 1. The summed E-state index contributed by atoms with van der Waals surface area (Å²) < 4.78 is 45.8. The first-order chi connectivity index (χ1) is 19.7. The second-order valence-electron chi connectivity index (χ2n) is 10.5. The first-order valence-electron chi connectivity index (χ1n) is 13.2. The van der Waals surface area contributed by atoms with Crippen LogP contribution in [0.3, 0.4) is 0 Å². The molecular weight excluding hydrogens is 546 g/mol. The van der Waals surface area contributed by atoms with E-state index in [-0.39, 0.29) is 67.4 Å². The molecule has 2 amide bonds. The van der Waals surface area contributed by atoms with Crippen LogP contribution in [0.1, 0.15) is 30.4 Å². The van der Waals surface area contributed by atoms with Crippen LogP contribution in [0.25, 0.3) is 0 Å². The highest BCUT2D eigenvalue weighted by Gasteiger charge is 2.40. The van der Waals surface area contributed by atoms with Crippen molar-refractivity contribution in [2.75, 3.05) is 43.1 Å². The lowest BCUT2D eigenvalue weighted by atomic mass is 10.1. The molecule has 0 bridgehead atoms. The second kappa shape index (κ2) is 11.8. The van der Waals surface area contributed by atoms with Gasteiger partial charge in [0.25, 0.3) is 18.3 Å². The molecular formula is C26H30F2N6O7. The van der Waals surface area contributed by atoms with Crippen molar-refractivity contribution in [3.63, 3.8) is 0 Å². The maximum absolute atomic E-state index is 15.0. The minimum absolute atomic E-state index is 0.0411. The number of rotatable bonds is 9. The molecule has 5 N–H and O–H groups in total. The molecule has 2 aliphatic heterocycles. The minimum Gasteiger partial charge on any atom is -0.488 e. The first-order valence-corrected chi connectivity index (χ1v) is 13.2. The van der Waals surface area contributed by atoms with Gasteiger partial charge in [-0.2, -0.15) is 0 Å². The largest absolute Gasteiger partial charge is 0.488 e. The Hall–Kier alpha value is -4.11. The fraction of sp³-hybridized carbons (Fsp3) is 0.500. The van der Waals surface area contributed by atoms with Gasteiger partial charge in [0, 0.05) is 6.07 Å². The number of fused-ring (bicyclic) bond motifs is 2. The molecule has 2 aromatic rings. The Labute approximate surface area is 233 Å². The van der Waals surface area contributed by atoms with E-state index < -0.39 is 23.3 Å². The SMILES string of the molecule is NC1(COc2cc(F)c3c(c2F)CC(CNCCC2CN(c4cnc5c(n4)NC(=O)CO5)C(=O)O2)C3)CC1.O=CO. The fourth-order valence-corrected chi connectivity index (χ4v) is 4.97. The van der Waals surface area contributed by atoms with Crippen molar-refractivity contribution in [1.82, 2.24) is 15.3 Å². The lowest BCUT2D eigenvalue weighted by Crippen LogP contribution is -2.30. The highest BCUT2D eigenvalue weighted by Crippen LogP contribution is 2.37. The van der Waals surface area contributed by atoms with E-state index in [0.717, 1.165) is 18.9 Å². The molecule has 6 rings (SSSR count). The maximum atomic E-state index is 15.0. The van der Waals surface area contributed by atoms with E-state index in [1.54, 1.807) is 0 Å². The van der Waals surface area contributed by atoms with Crippen molar-refractivity contribution in [1.29, 1.82) is 0 Å². The third-order valence-corrected chi connectivity index (χ3v) is 7.34. The molecule has 2 aliphatic carbocycles. The van der Waals surface area contributed by atoms with Gasteiger partial charge >= 0.3 is 6.09 Å². The number of halogens is 2. The van der Waals surface area contributed by atoms with Crippen LogP contribution in [-0.2, 0) is 27.2 Å². The Morgan fingerprint density at radius 1 is 1.29 bits per heavy atom. The molecule has 1 saturated heterocycles. The number of hydrogen-bond acceptors (Lipinski definition) is 10. The standard InChI is InChI=1S/C25H28F2N6O5.CH2O2/c26-17-7-18(37-12-25(28)2-3-25)21(27)16-6-13(5-15(16)17)8-29-4-1-14-10-33(24(35)38-14)19-9-30-23-22(31-19)32-20(34)11-36-23;2-1-3/h7,9,13-14,29H,1-6,8,10-12,28H2,(H,31,32,34);1H,(H,2,3). The Balaban J connectivity index is 0.00000108. The Kier molecular flexibility index (Phi) is 8.17. The molecule has 13 nitrogen and oxygen atoms in total. The third-order valence-electron chi connectivity index (χ3n) is 7.34. The van der Waals surface area contributed by atoms with Gasteiger partial charge in [-0.3, -0.25) is 14.5 Å². The lowest BCUT2D eigenvalue weighted by molar-refractivity contribution is -0.123. The summed E-state index contributed by atoms with van der Waals surface area (Å²) in [5, 5.41) is 12.8. The number of anilines is 2. The predicted octanol–water partition coefficient (Wildman–Crippen LogP) is 1.38. The maximum Gasteiger partial charge on any atom is 0.415 e. The summed E-state index contributed by atoms with van der Waals surface area (Å²) in [5.74, 6) is -0.715. The molecule has 15 heteroatoms. The Morgan fingerprint density at radius 2 is 2.05 bits per heavy atom. The quantitative estimate of drug-likeness (QED) is 0.250. The number of ether oxygens (including phenoxy) is 3. The molecule has 4 aliphatic rings. The normalized spacial score (nSPS) is 21.5. The highest BCUT2D eigenvalue weighted by molar-refractivity contribution is 5.94. The smallest absolute Gasteiger partial charge is 0.415 e. The zero-order valence-corrected chi connectivity index (χ0v) is 22.0. The number of nitrogens with one attached hydrogen (secondary N) is 2. The van der Waals surface area contributed by atoms with Crippen LogP contribution in [-0.4, -0.2) is 78.0 Å². The van der Waals surface area contributed by atoms with Crippen LogP contribution in [0.5, 0.6) is 11.6 Å². The van der Waals surface area contributed by atoms with Crippen molar-refractivity contribution in [2.24, 2.45) is 11.7 Å². The number of benzene rings is 1. The minimum atomic E-state index is -0.551. The van der Waals surface area contributed by atoms with Gasteiger partial charge in [0.1, 0.15) is 18.5 Å². The van der Waals surface area contributed by atoms with Gasteiger partial charge in [-0.05, 0) is 62.2 Å². The van der Waals surface area contributed by atoms with Gasteiger partial charge in [0.2, 0.25) is 0 Å². The number of aromatic nitrogens is 2. The second-order valence-corrected chi connectivity index (χ2v) is 10.5. The molecule has 3 heterocycles. The summed E-state index contributed by atoms with van der Waals surface area (Å²) in [6.07, 6.45) is 3.52. The molecule has 2 atom stereocenters. The average molecular weight is 577 g/mol. The zero-order valence-electron chi connectivity index (χ0n) is 22.0. The number of carbonyl (C=O) groups is 3. The van der Waals surface area contributed by atoms with E-state index in [2.05, 4.69) is 20.6 Å². The molecule has 41 heavy (non-hydrogen) atoms. The number of nitrogens with zero attached hydrogens (tertiary/aromatic N) is 3. The van der Waals surface area contributed by atoms with Crippen LogP contribution in [0.2, 0.25) is 0 Å². The number of carboxylic acid groups (broad SMARTS) is 1. The van der Waals surface area contributed by atoms with Crippen LogP contribution in [0.15, 0.2) is 12.3 Å². The predicted molar refractivity (Wildman–Crippen MR) is 139 cm³/mol. The van der Waals surface area contributed by atoms with Gasteiger partial charge in [-0.15, -0.1) is 0 Å². The van der Waals surface area contributed by atoms with Gasteiger partial charge in [0.05, 0.1) is 18.3 Å². The summed E-state index contributed by atoms with van der Waals surface area (Å²) in [6, 6.07) is 1.13.